The number of aliphatic carboxylic acids is 1. The molecule has 0 spiro atoms. The Balaban J connectivity index is 1.79. The first-order valence-corrected chi connectivity index (χ1v) is 10.8. The Morgan fingerprint density at radius 1 is 1.12 bits per heavy atom. The van der Waals surface area contributed by atoms with E-state index in [1.165, 1.54) is 10.6 Å². The molecule has 0 saturated heterocycles. The number of hydrogen-bond acceptors (Lipinski definition) is 5. The van der Waals surface area contributed by atoms with Crippen LogP contribution in [0.2, 0.25) is 0 Å². The highest BCUT2D eigenvalue weighted by molar-refractivity contribution is 6.08. The van der Waals surface area contributed by atoms with Crippen molar-refractivity contribution < 1.29 is 19.1 Å². The maximum absolute atomic E-state index is 15.1. The quantitative estimate of drug-likeness (QED) is 0.375. The minimum atomic E-state index is -0.980. The van der Waals surface area contributed by atoms with Crippen LogP contribution in [0.15, 0.2) is 60.8 Å². The normalized spacial score (nSPS) is 12.9. The summed E-state index contributed by atoms with van der Waals surface area (Å²) in [5, 5.41) is 16.7. The van der Waals surface area contributed by atoms with Gasteiger partial charge in [0, 0.05) is 23.5 Å². The molecule has 34 heavy (non-hydrogen) atoms. The molecule has 0 bridgehead atoms. The van der Waals surface area contributed by atoms with Gasteiger partial charge in [-0.25, -0.2) is 13.9 Å². The molecule has 0 aliphatic rings. The first-order valence-electron chi connectivity index (χ1n) is 10.8. The lowest BCUT2D eigenvalue weighted by Gasteiger charge is -2.16. The van der Waals surface area contributed by atoms with Gasteiger partial charge >= 0.3 is 5.97 Å². The van der Waals surface area contributed by atoms with Crippen molar-refractivity contribution >= 4 is 23.1 Å². The molecule has 4 aromatic rings. The molecule has 2 heterocycles. The van der Waals surface area contributed by atoms with Crippen LogP contribution in [-0.2, 0) is 4.79 Å². The number of fused-ring (bicyclic) bond motifs is 1. The number of benzene rings is 2. The van der Waals surface area contributed by atoms with E-state index in [0.717, 1.165) is 0 Å². The van der Waals surface area contributed by atoms with Gasteiger partial charge in [0.25, 0.3) is 5.91 Å². The molecule has 9 heteroatoms. The van der Waals surface area contributed by atoms with E-state index in [-0.39, 0.29) is 17.1 Å². The molecular weight excluding hydrogens is 437 g/mol. The number of nitrogens with zero attached hydrogens (tertiary/aromatic N) is 3. The molecular formula is C25H24FN5O3. The van der Waals surface area contributed by atoms with Gasteiger partial charge in [0.05, 0.1) is 17.0 Å². The van der Waals surface area contributed by atoms with Crippen LogP contribution in [0.3, 0.4) is 0 Å². The highest BCUT2D eigenvalue weighted by atomic mass is 19.1. The highest BCUT2D eigenvalue weighted by Gasteiger charge is 2.24. The van der Waals surface area contributed by atoms with Gasteiger partial charge in [0.1, 0.15) is 5.82 Å². The maximum atomic E-state index is 15.1. The van der Waals surface area contributed by atoms with Crippen LogP contribution in [0.5, 0.6) is 0 Å². The van der Waals surface area contributed by atoms with Crippen molar-refractivity contribution in [3.05, 3.63) is 83.4 Å². The van der Waals surface area contributed by atoms with Crippen LogP contribution in [0.4, 0.5) is 10.1 Å². The van der Waals surface area contributed by atoms with Crippen molar-refractivity contribution in [1.29, 1.82) is 0 Å². The van der Waals surface area contributed by atoms with Crippen LogP contribution in [0.1, 0.15) is 53.8 Å². The number of para-hydroxylation sites is 1. The van der Waals surface area contributed by atoms with E-state index in [2.05, 4.69) is 15.4 Å². The molecule has 2 aromatic carbocycles. The Bertz CT molecular complexity index is 1380. The zero-order chi connectivity index (χ0) is 24.4. The number of halogens is 1. The number of carboxylic acids is 1. The van der Waals surface area contributed by atoms with E-state index in [4.69, 9.17) is 5.73 Å². The number of carboxylic acid groups (broad SMARTS) is 1. The summed E-state index contributed by atoms with van der Waals surface area (Å²) in [6.07, 6.45) is 1.99. The molecule has 0 aliphatic heterocycles. The number of hydrogen-bond donors (Lipinski definition) is 3. The number of carbonyl (C=O) groups excluding carboxylic acids is 1. The van der Waals surface area contributed by atoms with E-state index in [0.29, 0.717) is 28.8 Å². The third kappa shape index (κ3) is 4.25. The average molecular weight is 461 g/mol. The first kappa shape index (κ1) is 23.1. The highest BCUT2D eigenvalue weighted by Crippen LogP contribution is 2.29. The Hall–Kier alpha value is -4.11. The molecule has 1 amide bonds. The van der Waals surface area contributed by atoms with E-state index in [1.54, 1.807) is 68.6 Å². The number of anilines is 1. The standard InChI is InChI=1S/C25H24FN5O3/c1-3-15(25(33)34)17-8-4-5-11-19(17)28-24(32)22-20-12-7-13-31(20)30-23(29-22)18-10-6-9-16(14(2)27)21(18)26/h4-15H,3,27H2,1-2H3,(H,28,32)(H,33,34)/t14?,15-/m1/s1. The minimum absolute atomic E-state index is 0.0266. The zero-order valence-corrected chi connectivity index (χ0v) is 18.7. The van der Waals surface area contributed by atoms with Gasteiger partial charge in [-0.15, -0.1) is 5.10 Å². The third-order valence-electron chi connectivity index (χ3n) is 5.66. The van der Waals surface area contributed by atoms with Crippen molar-refractivity contribution in [2.24, 2.45) is 5.73 Å². The molecule has 0 saturated carbocycles. The van der Waals surface area contributed by atoms with E-state index in [1.807, 2.05) is 0 Å². The van der Waals surface area contributed by atoms with Crippen molar-refractivity contribution in [2.45, 2.75) is 32.2 Å². The lowest BCUT2D eigenvalue weighted by atomic mass is 9.95. The third-order valence-corrected chi connectivity index (χ3v) is 5.66. The number of carbonyl (C=O) groups is 2. The van der Waals surface area contributed by atoms with Crippen molar-refractivity contribution in [1.82, 2.24) is 14.6 Å². The topological polar surface area (TPSA) is 123 Å². The van der Waals surface area contributed by atoms with Crippen LogP contribution >= 0.6 is 0 Å². The monoisotopic (exact) mass is 461 g/mol. The zero-order valence-electron chi connectivity index (χ0n) is 18.7. The summed E-state index contributed by atoms with van der Waals surface area (Å²) < 4.78 is 16.6. The molecule has 8 nitrogen and oxygen atoms in total. The largest absolute Gasteiger partial charge is 0.481 e. The Morgan fingerprint density at radius 3 is 2.56 bits per heavy atom. The average Bonchev–Trinajstić information content (AvgIpc) is 3.28. The Kier molecular flexibility index (Phi) is 6.38. The lowest BCUT2D eigenvalue weighted by molar-refractivity contribution is -0.138. The summed E-state index contributed by atoms with van der Waals surface area (Å²) in [6.45, 7) is 3.44. The van der Waals surface area contributed by atoms with Crippen molar-refractivity contribution in [3.63, 3.8) is 0 Å². The molecule has 2 aromatic heterocycles. The van der Waals surface area contributed by atoms with Gasteiger partial charge < -0.3 is 16.2 Å². The Morgan fingerprint density at radius 2 is 1.85 bits per heavy atom. The summed E-state index contributed by atoms with van der Waals surface area (Å²) in [5.41, 5.74) is 7.62. The molecule has 174 valence electrons. The number of nitrogens with one attached hydrogen (secondary N) is 1. The van der Waals surface area contributed by atoms with E-state index < -0.39 is 29.7 Å². The second-order valence-corrected chi connectivity index (χ2v) is 7.96. The van der Waals surface area contributed by atoms with Crippen LogP contribution in [-0.4, -0.2) is 31.6 Å². The van der Waals surface area contributed by atoms with Gasteiger partial charge in [-0.1, -0.05) is 37.3 Å². The van der Waals surface area contributed by atoms with Crippen LogP contribution in [0.25, 0.3) is 16.9 Å². The summed E-state index contributed by atoms with van der Waals surface area (Å²) in [4.78, 5) is 29.4. The molecule has 0 fully saturated rings. The van der Waals surface area contributed by atoms with E-state index >= 15 is 4.39 Å². The lowest BCUT2D eigenvalue weighted by Crippen LogP contribution is -2.20. The van der Waals surface area contributed by atoms with Gasteiger partial charge in [-0.05, 0) is 43.2 Å². The second-order valence-electron chi connectivity index (χ2n) is 7.96. The fourth-order valence-corrected chi connectivity index (χ4v) is 3.91. The van der Waals surface area contributed by atoms with Gasteiger partial charge in [-0.3, -0.25) is 9.59 Å². The number of aromatic nitrogens is 3. The molecule has 0 aliphatic carbocycles. The van der Waals surface area contributed by atoms with Gasteiger partial charge in [0.15, 0.2) is 11.5 Å². The summed E-state index contributed by atoms with van der Waals surface area (Å²) in [7, 11) is 0. The molecule has 4 rings (SSSR count). The fourth-order valence-electron chi connectivity index (χ4n) is 3.91. The summed E-state index contributed by atoms with van der Waals surface area (Å²) in [5.74, 6) is -2.84. The summed E-state index contributed by atoms with van der Waals surface area (Å²) in [6, 6.07) is 14.4. The minimum Gasteiger partial charge on any atom is -0.481 e. The molecule has 2 atom stereocenters. The molecule has 1 unspecified atom stereocenters. The van der Waals surface area contributed by atoms with Crippen LogP contribution < -0.4 is 11.1 Å². The fraction of sp³-hybridized carbons (Fsp3) is 0.200. The molecule has 4 N–H and O–H groups in total. The van der Waals surface area contributed by atoms with Crippen molar-refractivity contribution in [2.75, 3.05) is 5.32 Å². The van der Waals surface area contributed by atoms with Gasteiger partial charge in [0.2, 0.25) is 0 Å². The predicted molar refractivity (Wildman–Crippen MR) is 126 cm³/mol. The van der Waals surface area contributed by atoms with Crippen LogP contribution in [0, 0.1) is 5.82 Å². The SMILES string of the molecule is CC[C@@H](C(=O)O)c1ccccc1NC(=O)c1nc(-c2cccc(C(C)N)c2F)nn2cccc12. The number of amides is 1. The Labute approximate surface area is 195 Å². The maximum Gasteiger partial charge on any atom is 0.311 e. The van der Waals surface area contributed by atoms with Crippen molar-refractivity contribution in [3.8, 4) is 11.4 Å². The second kappa shape index (κ2) is 9.40. The predicted octanol–water partition coefficient (Wildman–Crippen LogP) is 4.39. The number of rotatable bonds is 7. The number of nitrogens with two attached hydrogens (primary N) is 1. The van der Waals surface area contributed by atoms with Gasteiger partial charge in [-0.2, -0.15) is 0 Å². The molecule has 0 radical (unpaired) electrons. The first-order chi connectivity index (χ1) is 16.3. The smallest absolute Gasteiger partial charge is 0.311 e. The summed E-state index contributed by atoms with van der Waals surface area (Å²) >= 11 is 0. The van der Waals surface area contributed by atoms with E-state index in [9.17, 15) is 14.7 Å².